The molecule has 1 rings (SSSR count). The molecular formula is C6H7F6N3O4S2. The van der Waals surface area contributed by atoms with Gasteiger partial charge in [-0.15, -0.1) is 0 Å². The normalized spacial score (nSPS) is 13.5. The first kappa shape index (κ1) is 19.7. The second-order valence-electron chi connectivity index (χ2n) is 3.21. The molecule has 0 saturated heterocycles. The number of nitrogens with zero attached hydrogens (tertiary/aromatic N) is 2. The highest BCUT2D eigenvalue weighted by atomic mass is 32.3. The summed E-state index contributed by atoms with van der Waals surface area (Å²) in [5, 5.41) is 0. The summed E-state index contributed by atoms with van der Waals surface area (Å²) in [6, 6.07) is 0. The fraction of sp³-hybridized carbons (Fsp3) is 0.500. The Morgan fingerprint density at radius 1 is 0.952 bits per heavy atom. The van der Waals surface area contributed by atoms with Crippen LogP contribution < -0.4 is 4.13 Å². The van der Waals surface area contributed by atoms with Gasteiger partial charge in [-0.25, -0.2) is 21.8 Å². The van der Waals surface area contributed by atoms with E-state index in [0.717, 1.165) is 0 Å². The Labute approximate surface area is 114 Å². The van der Waals surface area contributed by atoms with Crippen LogP contribution in [0.25, 0.3) is 0 Å². The van der Waals surface area contributed by atoms with Crippen LogP contribution in [0.4, 0.5) is 26.3 Å². The summed E-state index contributed by atoms with van der Waals surface area (Å²) in [7, 11) is -11.3. The van der Waals surface area contributed by atoms with Gasteiger partial charge in [-0.05, 0) is 0 Å². The third-order valence-electron chi connectivity index (χ3n) is 1.47. The average Bonchev–Trinajstić information content (AvgIpc) is 2.64. The molecule has 0 aliphatic carbocycles. The van der Waals surface area contributed by atoms with Crippen molar-refractivity contribution in [2.75, 3.05) is 0 Å². The smallest absolute Gasteiger partial charge is 0.341 e. The lowest BCUT2D eigenvalue weighted by molar-refractivity contribution is -0.0476. The lowest BCUT2D eigenvalue weighted by Crippen LogP contribution is -2.45. The summed E-state index contributed by atoms with van der Waals surface area (Å²) in [5.74, 6) is 0. The fourth-order valence-corrected chi connectivity index (χ4v) is 2.48. The zero-order valence-electron chi connectivity index (χ0n) is 9.84. The van der Waals surface area contributed by atoms with E-state index in [1.807, 2.05) is 17.8 Å². The topological polar surface area (TPSA) is 98.1 Å². The number of rotatable bonds is 2. The Morgan fingerprint density at radius 3 is 1.48 bits per heavy atom. The molecule has 0 atom stereocenters. The molecule has 1 heterocycles. The molecule has 15 heteroatoms. The maximum Gasteiger partial charge on any atom is 0.512 e. The predicted molar refractivity (Wildman–Crippen MR) is 56.3 cm³/mol. The first-order chi connectivity index (χ1) is 9.10. The van der Waals surface area contributed by atoms with Gasteiger partial charge in [0, 0.05) is 19.4 Å². The standard InChI is InChI=1S/C4H6N2.C2HF6NO4S2/c1-6-3-2-5-4-6;3-1(4,5)14(10,11)9-15(12,13)2(6,7)8/h2-4H,1H3;9H. The highest BCUT2D eigenvalue weighted by Crippen LogP contribution is 2.27. The van der Waals surface area contributed by atoms with Crippen molar-refractivity contribution in [1.29, 1.82) is 0 Å². The summed E-state index contributed by atoms with van der Waals surface area (Å²) < 4.78 is 110. The van der Waals surface area contributed by atoms with E-state index < -0.39 is 35.2 Å². The largest absolute Gasteiger partial charge is 0.512 e. The summed E-state index contributed by atoms with van der Waals surface area (Å²) in [6.07, 6.45) is 5.39. The van der Waals surface area contributed by atoms with E-state index in [4.69, 9.17) is 0 Å². The molecule has 0 aliphatic rings. The van der Waals surface area contributed by atoms with E-state index in [9.17, 15) is 43.2 Å². The van der Waals surface area contributed by atoms with E-state index in [2.05, 4.69) is 4.98 Å². The molecule has 0 saturated carbocycles. The van der Waals surface area contributed by atoms with Gasteiger partial charge in [-0.2, -0.15) is 26.3 Å². The second kappa shape index (κ2) is 6.18. The Morgan fingerprint density at radius 2 is 1.33 bits per heavy atom. The van der Waals surface area contributed by atoms with Crippen LogP contribution in [0.1, 0.15) is 0 Å². The number of sulfonamides is 2. The van der Waals surface area contributed by atoms with Gasteiger partial charge in [0.05, 0.1) is 6.33 Å². The van der Waals surface area contributed by atoms with Crippen molar-refractivity contribution >= 4 is 20.0 Å². The molecule has 0 fully saturated rings. The molecule has 0 unspecified atom stereocenters. The van der Waals surface area contributed by atoms with Crippen LogP contribution >= 0.6 is 0 Å². The van der Waals surface area contributed by atoms with Crippen LogP contribution in [0.15, 0.2) is 18.7 Å². The Bertz CT molecular complexity index is 604. The van der Waals surface area contributed by atoms with Gasteiger partial charge in [-0.1, -0.05) is 4.13 Å². The Hall–Kier alpha value is -1.35. The number of hydrogen-bond donors (Lipinski definition) is 1. The van der Waals surface area contributed by atoms with Crippen molar-refractivity contribution in [2.45, 2.75) is 11.0 Å². The third-order valence-corrected chi connectivity index (χ3v) is 4.44. The van der Waals surface area contributed by atoms with E-state index in [0.29, 0.717) is 0 Å². The van der Waals surface area contributed by atoms with Crippen molar-refractivity contribution in [3.05, 3.63) is 18.7 Å². The molecular weight excluding hydrogens is 356 g/mol. The van der Waals surface area contributed by atoms with Crippen LogP contribution in [-0.4, -0.2) is 37.4 Å². The first-order valence-corrected chi connectivity index (χ1v) is 7.40. The van der Waals surface area contributed by atoms with E-state index >= 15 is 0 Å². The molecule has 21 heavy (non-hydrogen) atoms. The molecule has 0 aromatic carbocycles. The first-order valence-electron chi connectivity index (χ1n) is 4.43. The van der Waals surface area contributed by atoms with Gasteiger partial charge in [0.1, 0.15) is 0 Å². The fourth-order valence-electron chi connectivity index (χ4n) is 0.565. The molecule has 0 radical (unpaired) electrons. The van der Waals surface area contributed by atoms with Gasteiger partial charge in [0.2, 0.25) is 0 Å². The van der Waals surface area contributed by atoms with Crippen LogP contribution in [0.2, 0.25) is 0 Å². The zero-order valence-corrected chi connectivity index (χ0v) is 11.5. The van der Waals surface area contributed by atoms with E-state index in [1.165, 1.54) is 0 Å². The number of nitrogens with one attached hydrogen (secondary N) is 1. The molecule has 1 aromatic rings. The number of halogens is 6. The Balaban J connectivity index is 0.000000547. The van der Waals surface area contributed by atoms with Crippen molar-refractivity contribution < 1.29 is 43.2 Å². The number of aromatic nitrogens is 2. The number of hydrogen-bond acceptors (Lipinski definition) is 5. The molecule has 124 valence electrons. The maximum atomic E-state index is 11.5. The number of imidazole rings is 1. The van der Waals surface area contributed by atoms with Gasteiger partial charge in [-0.3, -0.25) is 0 Å². The lowest BCUT2D eigenvalue weighted by Gasteiger charge is -2.11. The van der Waals surface area contributed by atoms with Crippen molar-refractivity contribution in [3.8, 4) is 0 Å². The van der Waals surface area contributed by atoms with Gasteiger partial charge < -0.3 is 4.57 Å². The summed E-state index contributed by atoms with van der Waals surface area (Å²) in [6.45, 7) is 0. The number of aryl methyl sites for hydroxylation is 1. The quantitative estimate of drug-likeness (QED) is 0.780. The molecule has 0 amide bonds. The maximum absolute atomic E-state index is 11.5. The van der Waals surface area contributed by atoms with Gasteiger partial charge in [0.15, 0.2) is 0 Å². The average molecular weight is 363 g/mol. The van der Waals surface area contributed by atoms with E-state index in [-0.39, 0.29) is 0 Å². The molecule has 0 aliphatic heterocycles. The zero-order chi connectivity index (χ0) is 17.1. The van der Waals surface area contributed by atoms with Crippen molar-refractivity contribution in [2.24, 2.45) is 7.05 Å². The monoisotopic (exact) mass is 363 g/mol. The molecule has 0 bridgehead atoms. The molecule has 7 nitrogen and oxygen atoms in total. The van der Waals surface area contributed by atoms with Gasteiger partial charge >= 0.3 is 31.1 Å². The van der Waals surface area contributed by atoms with Crippen LogP contribution in [0.3, 0.4) is 0 Å². The van der Waals surface area contributed by atoms with Gasteiger partial charge in [0.25, 0.3) is 0 Å². The van der Waals surface area contributed by atoms with Crippen molar-refractivity contribution in [1.82, 2.24) is 13.7 Å². The minimum absolute atomic E-state index is 0.493. The number of alkyl halides is 6. The summed E-state index contributed by atoms with van der Waals surface area (Å²) in [4.78, 5) is 3.78. The SMILES string of the molecule is Cn1ccnc1.O=S(=O)(NS(=O)(=O)C(F)(F)F)C(F)(F)F. The van der Waals surface area contributed by atoms with Crippen LogP contribution in [0.5, 0.6) is 0 Å². The molecule has 1 aromatic heterocycles. The molecule has 1 N–H and O–H groups in total. The summed E-state index contributed by atoms with van der Waals surface area (Å²) >= 11 is 0. The lowest BCUT2D eigenvalue weighted by atomic mass is 10.9. The highest BCUT2D eigenvalue weighted by molar-refractivity contribution is 8.05. The van der Waals surface area contributed by atoms with Crippen molar-refractivity contribution in [3.63, 3.8) is 0 Å². The van der Waals surface area contributed by atoms with Crippen LogP contribution in [-0.2, 0) is 27.1 Å². The third kappa shape index (κ3) is 5.88. The minimum atomic E-state index is -6.60. The minimum Gasteiger partial charge on any atom is -0.341 e. The van der Waals surface area contributed by atoms with Crippen LogP contribution in [0, 0.1) is 0 Å². The summed E-state index contributed by atoms with van der Waals surface area (Å²) in [5.41, 5.74) is -12.3. The predicted octanol–water partition coefficient (Wildman–Crippen LogP) is 0.695. The highest BCUT2D eigenvalue weighted by Gasteiger charge is 2.55. The van der Waals surface area contributed by atoms with E-state index in [1.54, 1.807) is 12.5 Å². The Kier molecular flexibility index (Phi) is 5.79. The second-order valence-corrected chi connectivity index (χ2v) is 6.82. The molecule has 0 spiro atoms.